The second kappa shape index (κ2) is 7.59. The summed E-state index contributed by atoms with van der Waals surface area (Å²) in [5.74, 6) is -2.89. The first kappa shape index (κ1) is 21.6. The second-order valence-corrected chi connectivity index (χ2v) is 8.09. The number of rotatable bonds is 2. The van der Waals surface area contributed by atoms with E-state index >= 15 is 0 Å². The third kappa shape index (κ3) is 3.16. The molecule has 0 bridgehead atoms. The van der Waals surface area contributed by atoms with Gasteiger partial charge >= 0.3 is 6.18 Å². The minimum atomic E-state index is -4.62. The van der Waals surface area contributed by atoms with Gasteiger partial charge in [0, 0.05) is 11.8 Å². The number of quaternary nitrogens is 1. The van der Waals surface area contributed by atoms with Crippen molar-refractivity contribution in [3.8, 4) is 18.2 Å². The average Bonchev–Trinajstić information content (AvgIpc) is 2.72. The molecule has 1 fully saturated rings. The van der Waals surface area contributed by atoms with E-state index in [0.717, 1.165) is 11.0 Å². The topological polar surface area (TPSA) is 99.7 Å². The smallest absolute Gasteiger partial charge is 0.329 e. The molecule has 1 unspecified atom stereocenters. The summed E-state index contributed by atoms with van der Waals surface area (Å²) in [6, 6.07) is 11.0. The van der Waals surface area contributed by atoms with Crippen LogP contribution in [0.4, 0.5) is 13.2 Å². The van der Waals surface area contributed by atoms with Crippen LogP contribution < -0.4 is 4.90 Å². The van der Waals surface area contributed by atoms with E-state index in [0.29, 0.717) is 18.7 Å². The summed E-state index contributed by atoms with van der Waals surface area (Å²) < 4.78 is 41.4. The van der Waals surface area contributed by atoms with Crippen molar-refractivity contribution in [3.63, 3.8) is 0 Å². The number of nitriles is 3. The lowest BCUT2D eigenvalue weighted by Gasteiger charge is -2.47. The van der Waals surface area contributed by atoms with Crippen LogP contribution in [0.3, 0.4) is 0 Å². The molecule has 8 heteroatoms. The first-order chi connectivity index (χ1) is 14.1. The summed E-state index contributed by atoms with van der Waals surface area (Å²) in [5, 5.41) is 38.0. The maximum Gasteiger partial charge on any atom is 0.416 e. The zero-order valence-electron chi connectivity index (χ0n) is 16.6. The van der Waals surface area contributed by atoms with Gasteiger partial charge in [0.15, 0.2) is 0 Å². The van der Waals surface area contributed by atoms with Crippen LogP contribution >= 0.6 is 0 Å². The molecule has 1 saturated carbocycles. The number of benzene rings is 1. The highest BCUT2D eigenvalue weighted by atomic mass is 19.4. The van der Waals surface area contributed by atoms with Gasteiger partial charge in [-0.2, -0.15) is 29.0 Å². The van der Waals surface area contributed by atoms with Crippen molar-refractivity contribution in [2.75, 3.05) is 13.1 Å². The molecule has 30 heavy (non-hydrogen) atoms. The van der Waals surface area contributed by atoms with Gasteiger partial charge in [-0.15, -0.1) is 0 Å². The molecule has 154 valence electrons. The predicted molar refractivity (Wildman–Crippen MR) is 102 cm³/mol. The number of hydrogen-bond donors (Lipinski definition) is 2. The van der Waals surface area contributed by atoms with E-state index in [1.54, 1.807) is 6.08 Å². The van der Waals surface area contributed by atoms with Crippen LogP contribution in [0.5, 0.6) is 0 Å². The minimum absolute atomic E-state index is 0.0633. The van der Waals surface area contributed by atoms with Crippen molar-refractivity contribution >= 4 is 5.71 Å². The Hall–Kier alpha value is -3.15. The summed E-state index contributed by atoms with van der Waals surface area (Å²) >= 11 is 0. The number of halogens is 3. The Morgan fingerprint density at radius 3 is 2.33 bits per heavy atom. The molecule has 1 aromatic rings. The van der Waals surface area contributed by atoms with Gasteiger partial charge in [0.25, 0.3) is 0 Å². The van der Waals surface area contributed by atoms with Crippen LogP contribution in [0.25, 0.3) is 0 Å². The third-order valence-corrected chi connectivity index (χ3v) is 6.32. The molecule has 0 aromatic heterocycles. The highest BCUT2D eigenvalue weighted by Crippen LogP contribution is 2.52. The van der Waals surface area contributed by atoms with Gasteiger partial charge in [-0.3, -0.25) is 0 Å². The van der Waals surface area contributed by atoms with Crippen molar-refractivity contribution in [2.24, 2.45) is 17.3 Å². The highest BCUT2D eigenvalue weighted by molar-refractivity contribution is 6.01. The fraction of sp³-hybridized carbons (Fsp3) is 0.455. The van der Waals surface area contributed by atoms with Gasteiger partial charge in [0.2, 0.25) is 5.41 Å². The van der Waals surface area contributed by atoms with Gasteiger partial charge in [0.1, 0.15) is 0 Å². The summed E-state index contributed by atoms with van der Waals surface area (Å²) in [5.41, 5.74) is -2.91. The lowest BCUT2D eigenvalue weighted by molar-refractivity contribution is -0.920. The van der Waals surface area contributed by atoms with Crippen LogP contribution in [0.1, 0.15) is 30.9 Å². The van der Waals surface area contributed by atoms with E-state index in [2.05, 4.69) is 0 Å². The van der Waals surface area contributed by atoms with Gasteiger partial charge in [-0.25, -0.2) is 0 Å². The standard InChI is InChI=1S/C22H20F3N5/c1-13(2)30-8-7-17-16(10-30)19(14-5-3-4-6-18(14)22(23,24)25)15(9-26)20(29)21(17,11-27)12-28/h3-7,13,15-16,19,29H,8,10H2,1-2H3/p+1/t15-,16-,19-/m1/s1. The lowest BCUT2D eigenvalue weighted by Crippen LogP contribution is -3.16. The number of alkyl halides is 3. The molecular weight excluding hydrogens is 391 g/mol. The fourth-order valence-electron chi connectivity index (χ4n) is 4.75. The first-order valence-electron chi connectivity index (χ1n) is 9.64. The molecule has 0 amide bonds. The maximum absolute atomic E-state index is 13.8. The van der Waals surface area contributed by atoms with Gasteiger partial charge in [-0.05, 0) is 37.1 Å². The zero-order chi connectivity index (χ0) is 22.3. The van der Waals surface area contributed by atoms with Crippen LogP contribution in [0, 0.1) is 56.7 Å². The Bertz CT molecular complexity index is 1000. The van der Waals surface area contributed by atoms with Gasteiger partial charge in [-0.1, -0.05) is 18.2 Å². The molecule has 2 N–H and O–H groups in total. The quantitative estimate of drug-likeness (QED) is 0.731. The zero-order valence-corrected chi connectivity index (χ0v) is 16.6. The van der Waals surface area contributed by atoms with Crippen molar-refractivity contribution in [1.82, 2.24) is 0 Å². The minimum Gasteiger partial charge on any atom is -0.329 e. The predicted octanol–water partition coefficient (Wildman–Crippen LogP) is 2.85. The number of nitrogens with zero attached hydrogens (tertiary/aromatic N) is 3. The van der Waals surface area contributed by atoms with Crippen LogP contribution in [0.2, 0.25) is 0 Å². The van der Waals surface area contributed by atoms with Gasteiger partial charge in [0.05, 0.1) is 54.5 Å². The average molecular weight is 412 g/mol. The molecule has 3 rings (SSSR count). The lowest BCUT2D eigenvalue weighted by atomic mass is 9.55. The van der Waals surface area contributed by atoms with E-state index in [4.69, 9.17) is 5.41 Å². The maximum atomic E-state index is 13.8. The molecule has 1 aliphatic heterocycles. The molecule has 1 aromatic carbocycles. The number of fused-ring (bicyclic) bond motifs is 1. The van der Waals surface area contributed by atoms with Crippen molar-refractivity contribution < 1.29 is 18.1 Å². The number of nitrogens with one attached hydrogen (secondary N) is 2. The fourth-order valence-corrected chi connectivity index (χ4v) is 4.75. The Morgan fingerprint density at radius 2 is 1.80 bits per heavy atom. The largest absolute Gasteiger partial charge is 0.416 e. The van der Waals surface area contributed by atoms with E-state index in [9.17, 15) is 29.0 Å². The van der Waals surface area contributed by atoms with Crippen molar-refractivity contribution in [1.29, 1.82) is 21.2 Å². The molecule has 1 aliphatic carbocycles. The first-order valence-corrected chi connectivity index (χ1v) is 9.64. The van der Waals surface area contributed by atoms with Crippen LogP contribution in [-0.4, -0.2) is 24.8 Å². The van der Waals surface area contributed by atoms with Crippen LogP contribution in [0.15, 0.2) is 35.9 Å². The molecular formula is C22H21F3N5+. The van der Waals surface area contributed by atoms with E-state index in [-0.39, 0.29) is 11.6 Å². The van der Waals surface area contributed by atoms with Gasteiger partial charge < -0.3 is 10.3 Å². The molecule has 5 nitrogen and oxygen atoms in total. The summed E-state index contributed by atoms with van der Waals surface area (Å²) in [6.45, 7) is 4.87. The van der Waals surface area contributed by atoms with Crippen molar-refractivity contribution in [2.45, 2.75) is 32.0 Å². The van der Waals surface area contributed by atoms with E-state index < -0.39 is 40.6 Å². The van der Waals surface area contributed by atoms with E-state index in [1.807, 2.05) is 32.1 Å². The van der Waals surface area contributed by atoms with Crippen LogP contribution in [-0.2, 0) is 6.18 Å². The Kier molecular flexibility index (Phi) is 5.46. The highest BCUT2D eigenvalue weighted by Gasteiger charge is 2.58. The normalized spacial score (nSPS) is 28.0. The third-order valence-electron chi connectivity index (χ3n) is 6.32. The molecule has 0 spiro atoms. The Labute approximate surface area is 173 Å². The Balaban J connectivity index is 2.29. The summed E-state index contributed by atoms with van der Waals surface area (Å²) in [7, 11) is 0. The molecule has 0 radical (unpaired) electrons. The molecule has 4 atom stereocenters. The number of hydrogen-bond acceptors (Lipinski definition) is 4. The monoisotopic (exact) mass is 412 g/mol. The molecule has 2 aliphatic rings. The molecule has 0 saturated heterocycles. The SMILES string of the molecule is CC(C)[NH+]1CC=C2[C@@H](C1)[C@H](c1ccccc1C(F)(F)F)[C@@H](C#N)C(=N)C2(C#N)C#N. The van der Waals surface area contributed by atoms with E-state index in [1.165, 1.54) is 18.2 Å². The summed E-state index contributed by atoms with van der Waals surface area (Å²) in [4.78, 5) is 1.09. The van der Waals surface area contributed by atoms with Crippen molar-refractivity contribution in [3.05, 3.63) is 47.0 Å². The molecule has 1 heterocycles. The second-order valence-electron chi connectivity index (χ2n) is 8.09. The Morgan fingerprint density at radius 1 is 1.17 bits per heavy atom. The summed E-state index contributed by atoms with van der Waals surface area (Å²) in [6.07, 6.45) is -2.90.